The number of piperidine rings is 1. The first-order valence-corrected chi connectivity index (χ1v) is 16.7. The van der Waals surface area contributed by atoms with Crippen LogP contribution in [0.25, 0.3) is 5.70 Å². The highest BCUT2D eigenvalue weighted by Crippen LogP contribution is 2.32. The van der Waals surface area contributed by atoms with Gasteiger partial charge in [0.2, 0.25) is 12.3 Å². The number of likely N-dealkylation sites (tertiary alicyclic amines) is 1. The zero-order valence-electron chi connectivity index (χ0n) is 27.5. The number of aliphatic imine (C=N–C) groups is 1. The van der Waals surface area contributed by atoms with Crippen LogP contribution in [0.5, 0.6) is 0 Å². The van der Waals surface area contributed by atoms with Crippen LogP contribution in [-0.4, -0.2) is 89.8 Å². The van der Waals surface area contributed by atoms with Crippen LogP contribution in [0.1, 0.15) is 66.6 Å². The predicted octanol–water partition coefficient (Wildman–Crippen LogP) is 6.20. The molecule has 0 aliphatic carbocycles. The standard InChI is InChI=1S/C15H18N4S2.C8H12N2O.C6H11NO.C2H6O.C2H2/c1-10-5-6-14(17-7-10)18-9-20-8-13(16-4)15-11(2)19-12(3)21-15;9-6-3-7-1-2-8(4-6)10(7)5-11;1-6(8)7-4-2-3-5-7;1-3-2;1-2/h5-8H,4,9H2,1-3H3,(H,17,18);5,7-9H,1-4H2;2-5H2,1H3;1-2H3;1-2H/b13-8-;;;;/t;7-,8+;;;. The van der Waals surface area contributed by atoms with Gasteiger partial charge in [-0.1, -0.05) is 6.07 Å². The summed E-state index contributed by atoms with van der Waals surface area (Å²) < 4.78 is 4.25. The zero-order chi connectivity index (χ0) is 33.8. The number of fused-ring (bicyclic) bond motifs is 2. The van der Waals surface area contributed by atoms with Gasteiger partial charge in [0.05, 0.1) is 27.2 Å². The summed E-state index contributed by atoms with van der Waals surface area (Å²) in [7, 11) is 3.25. The molecule has 45 heavy (non-hydrogen) atoms. The van der Waals surface area contributed by atoms with Crippen LogP contribution in [0.15, 0.2) is 28.7 Å². The van der Waals surface area contributed by atoms with E-state index in [2.05, 4.69) is 44.6 Å². The van der Waals surface area contributed by atoms with Crippen molar-refractivity contribution in [2.75, 3.05) is 38.5 Å². The number of hydrogen-bond acceptors (Lipinski definition) is 10. The summed E-state index contributed by atoms with van der Waals surface area (Å²) in [5.74, 6) is 1.83. The molecular formula is C33H49N7O3S2. The van der Waals surface area contributed by atoms with Crippen molar-refractivity contribution >= 4 is 59.4 Å². The van der Waals surface area contributed by atoms with Crippen LogP contribution in [0.4, 0.5) is 5.82 Å². The Bertz CT molecular complexity index is 1240. The largest absolute Gasteiger partial charge is 0.388 e. The first kappa shape index (κ1) is 39.5. The van der Waals surface area contributed by atoms with Crippen molar-refractivity contribution in [3.05, 3.63) is 44.9 Å². The van der Waals surface area contributed by atoms with Gasteiger partial charge < -0.3 is 25.3 Å². The van der Waals surface area contributed by atoms with Crippen molar-refractivity contribution in [2.45, 2.75) is 78.3 Å². The number of hydrogen-bond donors (Lipinski definition) is 2. The lowest BCUT2D eigenvalue weighted by atomic mass is 10.0. The smallest absolute Gasteiger partial charge is 0.219 e. The van der Waals surface area contributed by atoms with Gasteiger partial charge in [-0.3, -0.25) is 14.6 Å². The van der Waals surface area contributed by atoms with Gasteiger partial charge in [0.15, 0.2) is 0 Å². The molecule has 2 amide bonds. The lowest BCUT2D eigenvalue weighted by molar-refractivity contribution is -0.127. The molecule has 2 bridgehead atoms. The number of nitrogens with one attached hydrogen (secondary N) is 2. The van der Waals surface area contributed by atoms with Crippen molar-refractivity contribution in [2.24, 2.45) is 4.99 Å². The zero-order valence-corrected chi connectivity index (χ0v) is 29.2. The second-order valence-electron chi connectivity index (χ2n) is 10.6. The van der Waals surface area contributed by atoms with Gasteiger partial charge in [0.25, 0.3) is 0 Å². The van der Waals surface area contributed by atoms with Gasteiger partial charge in [-0.05, 0) is 70.2 Å². The number of methoxy groups -OCH3 is 1. The number of anilines is 1. The van der Waals surface area contributed by atoms with E-state index in [1.54, 1.807) is 44.2 Å². The maximum Gasteiger partial charge on any atom is 0.219 e. The van der Waals surface area contributed by atoms with E-state index in [9.17, 15) is 9.59 Å². The first-order chi connectivity index (χ1) is 21.6. The molecule has 3 saturated heterocycles. The minimum absolute atomic E-state index is 0.225. The Morgan fingerprint density at radius 2 is 1.80 bits per heavy atom. The van der Waals surface area contributed by atoms with Crippen molar-refractivity contribution < 1.29 is 14.3 Å². The second-order valence-corrected chi connectivity index (χ2v) is 12.6. The molecule has 246 valence electrons. The number of amides is 2. The molecule has 3 aliphatic heterocycles. The van der Waals surface area contributed by atoms with Crippen LogP contribution in [0, 0.1) is 39.0 Å². The molecule has 0 unspecified atom stereocenters. The summed E-state index contributed by atoms with van der Waals surface area (Å²) in [6, 6.07) is 4.73. The number of thioether (sulfide) groups is 1. The number of aromatic nitrogens is 2. The number of carbonyl (C=O) groups excluding carboxylic acids is 2. The lowest BCUT2D eigenvalue weighted by Crippen LogP contribution is -2.41. The van der Waals surface area contributed by atoms with Crippen molar-refractivity contribution in [1.29, 1.82) is 5.41 Å². The molecule has 2 aromatic heterocycles. The average Bonchev–Trinajstić information content (AvgIpc) is 3.74. The molecule has 2 N–H and O–H groups in total. The Hall–Kier alpha value is -3.53. The minimum Gasteiger partial charge on any atom is -0.388 e. The van der Waals surface area contributed by atoms with Crippen LogP contribution in [0.3, 0.4) is 0 Å². The van der Waals surface area contributed by atoms with Crippen molar-refractivity contribution in [3.8, 4) is 12.8 Å². The fourth-order valence-electron chi connectivity index (χ4n) is 4.99. The monoisotopic (exact) mass is 655 g/mol. The normalized spacial score (nSPS) is 18.0. The van der Waals surface area contributed by atoms with E-state index >= 15 is 0 Å². The molecule has 3 aliphatic rings. The highest BCUT2D eigenvalue weighted by Gasteiger charge is 2.37. The van der Waals surface area contributed by atoms with E-state index < -0.39 is 0 Å². The molecule has 2 atom stereocenters. The van der Waals surface area contributed by atoms with Gasteiger partial charge >= 0.3 is 0 Å². The number of ether oxygens (including phenoxy) is 1. The third kappa shape index (κ3) is 14.0. The van der Waals surface area contributed by atoms with E-state index in [1.807, 2.05) is 54.3 Å². The van der Waals surface area contributed by atoms with E-state index in [1.165, 1.54) is 12.8 Å². The van der Waals surface area contributed by atoms with Crippen LogP contribution in [0.2, 0.25) is 0 Å². The predicted molar refractivity (Wildman–Crippen MR) is 190 cm³/mol. The van der Waals surface area contributed by atoms with Crippen molar-refractivity contribution in [3.63, 3.8) is 0 Å². The summed E-state index contributed by atoms with van der Waals surface area (Å²) in [6.07, 6.45) is 17.0. The minimum atomic E-state index is 0.225. The van der Waals surface area contributed by atoms with Gasteiger partial charge in [-0.25, -0.2) is 9.97 Å². The topological polar surface area (TPSA) is 124 Å². The number of terminal acetylenes is 1. The Balaban J connectivity index is 0.000000350. The maximum atomic E-state index is 10.6. The number of aryl methyl sites for hydroxylation is 3. The highest BCUT2D eigenvalue weighted by molar-refractivity contribution is 8.02. The number of nitrogens with zero attached hydrogens (tertiary/aromatic N) is 5. The maximum absolute atomic E-state index is 10.6. The third-order valence-electron chi connectivity index (χ3n) is 7.06. The highest BCUT2D eigenvalue weighted by atomic mass is 32.2. The molecule has 0 spiro atoms. The van der Waals surface area contributed by atoms with Crippen LogP contribution < -0.4 is 5.32 Å². The Labute approximate surface area is 277 Å². The van der Waals surface area contributed by atoms with E-state index in [0.29, 0.717) is 12.1 Å². The number of thiazole rings is 1. The summed E-state index contributed by atoms with van der Waals surface area (Å²) in [5.41, 5.74) is 3.87. The Kier molecular flexibility index (Phi) is 19.4. The summed E-state index contributed by atoms with van der Waals surface area (Å²) in [6.45, 7) is 13.3. The van der Waals surface area contributed by atoms with Gasteiger partial charge in [-0.2, -0.15) is 0 Å². The molecule has 5 rings (SSSR count). The summed E-state index contributed by atoms with van der Waals surface area (Å²) >= 11 is 3.27. The number of rotatable bonds is 7. The van der Waals surface area contributed by atoms with Crippen molar-refractivity contribution in [1.82, 2.24) is 19.8 Å². The molecule has 0 saturated carbocycles. The molecule has 5 heterocycles. The average molecular weight is 656 g/mol. The summed E-state index contributed by atoms with van der Waals surface area (Å²) in [4.78, 5) is 38.9. The molecule has 3 fully saturated rings. The second kappa shape index (κ2) is 22.1. The lowest BCUT2D eigenvalue weighted by Gasteiger charge is -2.31. The first-order valence-electron chi connectivity index (χ1n) is 14.8. The molecule has 10 nitrogen and oxygen atoms in total. The molecule has 0 aromatic carbocycles. The fourth-order valence-corrected chi connectivity index (χ4v) is 6.63. The molecule has 12 heteroatoms. The third-order valence-corrected chi connectivity index (χ3v) is 8.86. The Morgan fingerprint density at radius 1 is 1.20 bits per heavy atom. The molecular weight excluding hydrogens is 607 g/mol. The summed E-state index contributed by atoms with van der Waals surface area (Å²) in [5, 5.41) is 13.8. The van der Waals surface area contributed by atoms with Gasteiger partial charge in [0, 0.05) is 71.1 Å². The molecule has 0 radical (unpaired) electrons. The van der Waals surface area contributed by atoms with Crippen LogP contribution >= 0.6 is 23.1 Å². The fraction of sp³-hybridized carbons (Fsp3) is 0.515. The van der Waals surface area contributed by atoms with E-state index in [4.69, 9.17) is 5.41 Å². The molecule has 2 aromatic rings. The SMILES string of the molecule is C#C.C=N/C(=C\SCNc1ccc(C)cn1)c1sc(C)nc1C.CC(=O)N1CCCC1.COC.N=C1C[C@H]2CC[C@@H](C1)N2C=O. The van der Waals surface area contributed by atoms with E-state index in [-0.39, 0.29) is 5.91 Å². The van der Waals surface area contributed by atoms with Gasteiger partial charge in [-0.15, -0.1) is 35.9 Å². The quantitative estimate of drug-likeness (QED) is 0.120. The van der Waals surface area contributed by atoms with Crippen LogP contribution in [-0.2, 0) is 14.3 Å². The van der Waals surface area contributed by atoms with E-state index in [0.717, 1.165) is 89.4 Å². The van der Waals surface area contributed by atoms with Gasteiger partial charge in [0.1, 0.15) is 5.82 Å². The number of carbonyl (C=O) groups is 2. The Morgan fingerprint density at radius 3 is 2.22 bits per heavy atom. The number of pyridine rings is 1.